The molecule has 0 saturated carbocycles. The van der Waals surface area contributed by atoms with Crippen molar-refractivity contribution in [1.82, 2.24) is 20.5 Å². The maximum absolute atomic E-state index is 12.0. The van der Waals surface area contributed by atoms with E-state index in [2.05, 4.69) is 15.6 Å². The van der Waals surface area contributed by atoms with Crippen LogP contribution < -0.4 is 10.6 Å². The second-order valence-corrected chi connectivity index (χ2v) is 4.62. The van der Waals surface area contributed by atoms with Crippen molar-refractivity contribution in [2.24, 2.45) is 0 Å². The number of hydrogen-bond donors (Lipinski definition) is 3. The Morgan fingerprint density at radius 3 is 2.89 bits per heavy atom. The number of aromatic hydroxyl groups is 1. The molecule has 0 radical (unpaired) electrons. The minimum absolute atomic E-state index is 0.0460. The Kier molecular flexibility index (Phi) is 2.16. The van der Waals surface area contributed by atoms with Gasteiger partial charge in [-0.3, -0.25) is 4.79 Å². The van der Waals surface area contributed by atoms with Crippen LogP contribution in [-0.2, 0) is 0 Å². The van der Waals surface area contributed by atoms with Gasteiger partial charge in [0.1, 0.15) is 5.75 Å². The summed E-state index contributed by atoms with van der Waals surface area (Å²) >= 11 is 0. The molecule has 3 rings (SSSR count). The van der Waals surface area contributed by atoms with Crippen LogP contribution >= 0.6 is 0 Å². The monoisotopic (exact) mass is 248 g/mol. The van der Waals surface area contributed by atoms with Crippen LogP contribution in [0.4, 0.5) is 4.79 Å². The first-order valence-corrected chi connectivity index (χ1v) is 5.59. The average molecular weight is 248 g/mol. The maximum atomic E-state index is 12.0. The van der Waals surface area contributed by atoms with Crippen molar-refractivity contribution in [2.75, 3.05) is 19.6 Å². The summed E-state index contributed by atoms with van der Waals surface area (Å²) in [5.41, 5.74) is -0.304. The predicted octanol–water partition coefficient (Wildman–Crippen LogP) is -0.705. The summed E-state index contributed by atoms with van der Waals surface area (Å²) in [7, 11) is 0. The smallest absolute Gasteiger partial charge is 0.315 e. The van der Waals surface area contributed by atoms with Gasteiger partial charge in [-0.1, -0.05) is 0 Å². The van der Waals surface area contributed by atoms with E-state index in [0.29, 0.717) is 19.6 Å². The van der Waals surface area contributed by atoms with Crippen LogP contribution in [0.5, 0.6) is 5.75 Å². The fraction of sp³-hybridized carbons (Fsp3) is 0.364. The van der Waals surface area contributed by atoms with E-state index in [0.717, 1.165) is 0 Å². The molecule has 94 valence electrons. The Bertz CT molecular complexity index is 525. The Morgan fingerprint density at radius 1 is 1.50 bits per heavy atom. The molecule has 0 atom stereocenters. The average Bonchev–Trinajstić information content (AvgIpc) is 2.69. The Morgan fingerprint density at radius 2 is 2.28 bits per heavy atom. The highest BCUT2D eigenvalue weighted by atomic mass is 16.3. The summed E-state index contributed by atoms with van der Waals surface area (Å²) in [6.07, 6.45) is 1.46. The lowest BCUT2D eigenvalue weighted by Crippen LogP contribution is -2.70. The molecule has 0 unspecified atom stereocenters. The predicted molar refractivity (Wildman–Crippen MR) is 61.1 cm³/mol. The number of rotatable bonds is 1. The molecule has 2 aliphatic heterocycles. The van der Waals surface area contributed by atoms with Gasteiger partial charge in [0.05, 0.1) is 5.54 Å². The lowest BCUT2D eigenvalue weighted by Gasteiger charge is -2.46. The molecule has 0 aliphatic carbocycles. The minimum Gasteiger partial charge on any atom is -0.505 e. The highest BCUT2D eigenvalue weighted by molar-refractivity contribution is 5.95. The van der Waals surface area contributed by atoms with Gasteiger partial charge in [0, 0.05) is 25.8 Å². The molecule has 3 heterocycles. The maximum Gasteiger partial charge on any atom is 0.315 e. The molecule has 2 aliphatic rings. The van der Waals surface area contributed by atoms with Crippen molar-refractivity contribution in [3.05, 3.63) is 24.0 Å². The Balaban J connectivity index is 1.70. The Labute approximate surface area is 103 Å². The number of pyridine rings is 1. The summed E-state index contributed by atoms with van der Waals surface area (Å²) in [5, 5.41) is 15.0. The van der Waals surface area contributed by atoms with E-state index >= 15 is 0 Å². The van der Waals surface area contributed by atoms with Gasteiger partial charge in [0.2, 0.25) is 0 Å². The molecular formula is C11H12N4O3. The number of urea groups is 1. The van der Waals surface area contributed by atoms with E-state index in [1.807, 2.05) is 0 Å². The molecule has 2 fully saturated rings. The third-order valence-corrected chi connectivity index (χ3v) is 3.23. The van der Waals surface area contributed by atoms with Crippen molar-refractivity contribution < 1.29 is 14.7 Å². The van der Waals surface area contributed by atoms with E-state index in [1.54, 1.807) is 11.0 Å². The van der Waals surface area contributed by atoms with Gasteiger partial charge in [-0.2, -0.15) is 0 Å². The molecule has 3 N–H and O–H groups in total. The van der Waals surface area contributed by atoms with Crippen LogP contribution in [0.1, 0.15) is 10.5 Å². The number of likely N-dealkylation sites (tertiary alicyclic amines) is 1. The van der Waals surface area contributed by atoms with Gasteiger partial charge in [0.25, 0.3) is 5.91 Å². The lowest BCUT2D eigenvalue weighted by molar-refractivity contribution is 0.0388. The van der Waals surface area contributed by atoms with E-state index in [9.17, 15) is 14.7 Å². The number of hydrogen-bond acceptors (Lipinski definition) is 4. The molecule has 1 spiro atoms. The quantitative estimate of drug-likeness (QED) is 0.612. The summed E-state index contributed by atoms with van der Waals surface area (Å²) in [6.45, 7) is 1.38. The number of aromatic nitrogens is 1. The van der Waals surface area contributed by atoms with Crippen molar-refractivity contribution >= 4 is 11.9 Å². The van der Waals surface area contributed by atoms with Crippen molar-refractivity contribution in [1.29, 1.82) is 0 Å². The zero-order valence-corrected chi connectivity index (χ0v) is 9.51. The largest absolute Gasteiger partial charge is 0.505 e. The summed E-state index contributed by atoms with van der Waals surface area (Å²) in [4.78, 5) is 28.5. The zero-order chi connectivity index (χ0) is 12.8. The highest BCUT2D eigenvalue weighted by Gasteiger charge is 2.50. The molecule has 7 nitrogen and oxygen atoms in total. The summed E-state index contributed by atoms with van der Waals surface area (Å²) in [6, 6.07) is 2.78. The molecule has 0 bridgehead atoms. The van der Waals surface area contributed by atoms with Crippen LogP contribution in [-0.4, -0.2) is 52.1 Å². The van der Waals surface area contributed by atoms with Gasteiger partial charge in [0.15, 0.2) is 5.69 Å². The molecule has 3 amide bonds. The van der Waals surface area contributed by atoms with Crippen LogP contribution in [0, 0.1) is 0 Å². The molecular weight excluding hydrogens is 236 g/mol. The number of nitrogens with zero attached hydrogens (tertiary/aromatic N) is 2. The zero-order valence-electron chi connectivity index (χ0n) is 9.51. The van der Waals surface area contributed by atoms with E-state index in [-0.39, 0.29) is 28.9 Å². The number of amides is 3. The number of nitrogens with one attached hydrogen (secondary N) is 2. The first-order chi connectivity index (χ1) is 8.60. The highest BCUT2D eigenvalue weighted by Crippen LogP contribution is 2.26. The van der Waals surface area contributed by atoms with Gasteiger partial charge >= 0.3 is 6.03 Å². The Hall–Kier alpha value is -2.31. The van der Waals surface area contributed by atoms with E-state index < -0.39 is 0 Å². The minimum atomic E-state index is -0.350. The van der Waals surface area contributed by atoms with Crippen molar-refractivity contribution in [3.63, 3.8) is 0 Å². The van der Waals surface area contributed by atoms with E-state index in [4.69, 9.17) is 0 Å². The SMILES string of the molecule is O=C1NCC2(CN(C(=O)c3ncccc3O)C2)N1. The number of carbonyl (C=O) groups is 2. The first-order valence-electron chi connectivity index (χ1n) is 5.59. The normalized spacial score (nSPS) is 20.2. The molecule has 18 heavy (non-hydrogen) atoms. The molecule has 0 aromatic carbocycles. The third kappa shape index (κ3) is 1.55. The van der Waals surface area contributed by atoms with Gasteiger partial charge in [-0.15, -0.1) is 0 Å². The van der Waals surface area contributed by atoms with Crippen LogP contribution in [0.3, 0.4) is 0 Å². The van der Waals surface area contributed by atoms with Crippen LogP contribution in [0.15, 0.2) is 18.3 Å². The van der Waals surface area contributed by atoms with Crippen LogP contribution in [0.25, 0.3) is 0 Å². The van der Waals surface area contributed by atoms with Gasteiger partial charge in [-0.25, -0.2) is 9.78 Å². The van der Waals surface area contributed by atoms with Gasteiger partial charge in [-0.05, 0) is 12.1 Å². The standard InChI is InChI=1S/C11H12N4O3/c16-7-2-1-3-12-8(7)9(17)15-5-11(6-15)4-13-10(18)14-11/h1-3,16H,4-6H2,(H2,13,14,18). The van der Waals surface area contributed by atoms with Crippen molar-refractivity contribution in [3.8, 4) is 5.75 Å². The fourth-order valence-electron chi connectivity index (χ4n) is 2.31. The summed E-state index contributed by atoms with van der Waals surface area (Å²) in [5.74, 6) is -0.447. The molecule has 1 aromatic heterocycles. The second kappa shape index (κ2) is 3.59. The summed E-state index contributed by atoms with van der Waals surface area (Å²) < 4.78 is 0. The van der Waals surface area contributed by atoms with Crippen LogP contribution in [0.2, 0.25) is 0 Å². The van der Waals surface area contributed by atoms with Crippen molar-refractivity contribution in [2.45, 2.75) is 5.54 Å². The first kappa shape index (κ1) is 10.8. The van der Waals surface area contributed by atoms with E-state index in [1.165, 1.54) is 12.3 Å². The molecule has 7 heteroatoms. The topological polar surface area (TPSA) is 94.6 Å². The molecule has 1 aromatic rings. The fourth-order valence-corrected chi connectivity index (χ4v) is 2.31. The number of carbonyl (C=O) groups excluding carboxylic acids is 2. The van der Waals surface area contributed by atoms with Gasteiger partial charge < -0.3 is 20.6 Å². The second-order valence-electron chi connectivity index (χ2n) is 4.62. The third-order valence-electron chi connectivity index (χ3n) is 3.23. The molecule has 2 saturated heterocycles. The lowest BCUT2D eigenvalue weighted by atomic mass is 9.90.